The number of nitrogens with two attached hydrogens (primary N) is 1. The number of hydrogen-bond acceptors (Lipinski definition) is 4. The van der Waals surface area contributed by atoms with Gasteiger partial charge in [-0.1, -0.05) is 6.07 Å². The van der Waals surface area contributed by atoms with Crippen LogP contribution in [0.3, 0.4) is 0 Å². The lowest BCUT2D eigenvalue weighted by Gasteiger charge is -2.20. The van der Waals surface area contributed by atoms with Crippen LogP contribution in [-0.2, 0) is 9.53 Å². The number of methoxy groups -OCH3 is 1. The molecule has 8 heteroatoms. The van der Waals surface area contributed by atoms with Gasteiger partial charge in [-0.3, -0.25) is 9.59 Å². The van der Waals surface area contributed by atoms with Crippen LogP contribution in [0.25, 0.3) is 0 Å². The summed E-state index contributed by atoms with van der Waals surface area (Å²) in [4.78, 5) is 34.9. The molecule has 0 bridgehead atoms. The lowest BCUT2D eigenvalue weighted by Crippen LogP contribution is -2.40. The van der Waals surface area contributed by atoms with Gasteiger partial charge in [0.2, 0.25) is 5.91 Å². The first-order valence-corrected chi connectivity index (χ1v) is 6.10. The van der Waals surface area contributed by atoms with E-state index < -0.39 is 24.5 Å². The molecule has 3 amide bonds. The van der Waals surface area contributed by atoms with Crippen LogP contribution in [0.15, 0.2) is 24.3 Å². The predicted molar refractivity (Wildman–Crippen MR) is 75.1 cm³/mol. The number of nitrogens with one attached hydrogen (secondary N) is 1. The number of carbonyl (C=O) groups excluding carboxylic acids is 2. The molecular weight excluding hydrogens is 278 g/mol. The van der Waals surface area contributed by atoms with Gasteiger partial charge in [0.15, 0.2) is 0 Å². The van der Waals surface area contributed by atoms with Gasteiger partial charge < -0.3 is 25.8 Å². The number of primary amides is 1. The Labute approximate surface area is 121 Å². The predicted octanol–water partition coefficient (Wildman–Crippen LogP) is 0.350. The molecule has 21 heavy (non-hydrogen) atoms. The van der Waals surface area contributed by atoms with Crippen LogP contribution >= 0.6 is 0 Å². The van der Waals surface area contributed by atoms with Crippen molar-refractivity contribution in [2.45, 2.75) is 0 Å². The summed E-state index contributed by atoms with van der Waals surface area (Å²) in [7, 11) is 1.45. The van der Waals surface area contributed by atoms with E-state index in [2.05, 4.69) is 5.32 Å². The van der Waals surface area contributed by atoms with Gasteiger partial charge in [0.05, 0.1) is 6.61 Å². The topological polar surface area (TPSA) is 122 Å². The number of urea groups is 1. The number of hydrogen-bond donors (Lipinski definition) is 3. The molecule has 114 valence electrons. The molecule has 0 saturated carbocycles. The highest BCUT2D eigenvalue weighted by Crippen LogP contribution is 2.11. The minimum Gasteiger partial charge on any atom is -0.480 e. The van der Waals surface area contributed by atoms with E-state index in [1.165, 1.54) is 19.2 Å². The Bertz CT molecular complexity index is 532. The Morgan fingerprint density at radius 3 is 2.67 bits per heavy atom. The summed E-state index contributed by atoms with van der Waals surface area (Å²) in [5.41, 5.74) is 5.74. The van der Waals surface area contributed by atoms with Crippen LogP contribution in [0.1, 0.15) is 10.4 Å². The van der Waals surface area contributed by atoms with E-state index >= 15 is 0 Å². The van der Waals surface area contributed by atoms with Crippen molar-refractivity contribution in [3.05, 3.63) is 29.8 Å². The van der Waals surface area contributed by atoms with Gasteiger partial charge in [-0.2, -0.15) is 0 Å². The summed E-state index contributed by atoms with van der Waals surface area (Å²) in [6.45, 7) is -0.114. The molecule has 0 unspecified atom stereocenters. The van der Waals surface area contributed by atoms with Gasteiger partial charge >= 0.3 is 12.0 Å². The Hall–Kier alpha value is -2.61. The first-order chi connectivity index (χ1) is 9.93. The molecular formula is C13H17N3O5. The summed E-state index contributed by atoms with van der Waals surface area (Å²) >= 11 is 0. The fourth-order valence-corrected chi connectivity index (χ4v) is 1.57. The molecule has 4 N–H and O–H groups in total. The van der Waals surface area contributed by atoms with E-state index in [0.29, 0.717) is 5.69 Å². The molecule has 0 radical (unpaired) electrons. The Morgan fingerprint density at radius 1 is 1.38 bits per heavy atom. The van der Waals surface area contributed by atoms with Gasteiger partial charge in [0, 0.05) is 24.9 Å². The van der Waals surface area contributed by atoms with Crippen molar-refractivity contribution >= 4 is 23.6 Å². The molecule has 0 aliphatic carbocycles. The minimum absolute atomic E-state index is 0.129. The number of rotatable bonds is 7. The molecule has 0 spiro atoms. The average molecular weight is 295 g/mol. The van der Waals surface area contributed by atoms with Gasteiger partial charge in [0.25, 0.3) is 0 Å². The fourth-order valence-electron chi connectivity index (χ4n) is 1.57. The molecule has 1 aromatic carbocycles. The van der Waals surface area contributed by atoms with Gasteiger partial charge in [-0.25, -0.2) is 4.79 Å². The number of amides is 3. The maximum atomic E-state index is 12.0. The Balaban J connectivity index is 2.77. The Kier molecular flexibility index (Phi) is 6.15. The Morgan fingerprint density at radius 2 is 2.10 bits per heavy atom. The largest absolute Gasteiger partial charge is 0.480 e. The number of anilines is 1. The van der Waals surface area contributed by atoms with Gasteiger partial charge in [-0.05, 0) is 18.2 Å². The molecule has 8 nitrogen and oxygen atoms in total. The second-order valence-electron chi connectivity index (χ2n) is 4.18. The van der Waals surface area contributed by atoms with Crippen molar-refractivity contribution in [2.24, 2.45) is 5.73 Å². The zero-order chi connectivity index (χ0) is 15.8. The lowest BCUT2D eigenvalue weighted by molar-refractivity contribution is -0.137. The van der Waals surface area contributed by atoms with E-state index in [1.54, 1.807) is 12.1 Å². The maximum Gasteiger partial charge on any atom is 0.323 e. The second kappa shape index (κ2) is 7.85. The molecule has 0 saturated heterocycles. The number of carboxylic acid groups (broad SMARTS) is 1. The molecule has 0 aromatic heterocycles. The standard InChI is InChI=1S/C13H17N3O5/c1-21-6-5-16(8-11(17)18)13(20)15-10-4-2-3-9(7-10)12(14)19/h2-4,7H,5-6,8H2,1H3,(H2,14,19)(H,15,20)(H,17,18). The third-order valence-electron chi connectivity index (χ3n) is 2.58. The number of ether oxygens (including phenoxy) is 1. The monoisotopic (exact) mass is 295 g/mol. The van der Waals surface area contributed by atoms with Crippen LogP contribution in [0.4, 0.5) is 10.5 Å². The average Bonchev–Trinajstić information content (AvgIpc) is 2.43. The quantitative estimate of drug-likeness (QED) is 0.670. The SMILES string of the molecule is COCCN(CC(=O)O)C(=O)Nc1cccc(C(N)=O)c1. The first-order valence-electron chi connectivity index (χ1n) is 6.10. The van der Waals surface area contributed by atoms with Gasteiger partial charge in [0.1, 0.15) is 6.54 Å². The number of carbonyl (C=O) groups is 3. The summed E-state index contributed by atoms with van der Waals surface area (Å²) in [6.07, 6.45) is 0. The van der Waals surface area contributed by atoms with Crippen LogP contribution in [-0.4, -0.2) is 54.7 Å². The van der Waals surface area contributed by atoms with E-state index in [9.17, 15) is 14.4 Å². The molecule has 0 fully saturated rings. The van der Waals surface area contributed by atoms with E-state index in [4.69, 9.17) is 15.6 Å². The molecule has 0 aliphatic heterocycles. The summed E-state index contributed by atoms with van der Waals surface area (Å²) < 4.78 is 4.83. The second-order valence-corrected chi connectivity index (χ2v) is 4.18. The smallest absolute Gasteiger partial charge is 0.323 e. The molecule has 0 atom stereocenters. The third-order valence-corrected chi connectivity index (χ3v) is 2.58. The highest BCUT2D eigenvalue weighted by atomic mass is 16.5. The van der Waals surface area contributed by atoms with Crippen molar-refractivity contribution in [1.82, 2.24) is 4.90 Å². The molecule has 0 aliphatic rings. The summed E-state index contributed by atoms with van der Waals surface area (Å²) in [6, 6.07) is 5.45. The van der Waals surface area contributed by atoms with Crippen LogP contribution in [0, 0.1) is 0 Å². The van der Waals surface area contributed by atoms with Crippen molar-refractivity contribution in [3.63, 3.8) is 0 Å². The molecule has 1 rings (SSSR count). The van der Waals surface area contributed by atoms with Crippen LogP contribution in [0.5, 0.6) is 0 Å². The molecule has 1 aromatic rings. The van der Waals surface area contributed by atoms with Crippen molar-refractivity contribution in [1.29, 1.82) is 0 Å². The number of aliphatic carboxylic acids is 1. The van der Waals surface area contributed by atoms with Gasteiger partial charge in [-0.15, -0.1) is 0 Å². The fraction of sp³-hybridized carbons (Fsp3) is 0.308. The summed E-state index contributed by atoms with van der Waals surface area (Å²) in [5, 5.41) is 11.3. The van der Waals surface area contributed by atoms with E-state index in [-0.39, 0.29) is 18.7 Å². The van der Waals surface area contributed by atoms with E-state index in [0.717, 1.165) is 4.90 Å². The first kappa shape index (κ1) is 16.4. The minimum atomic E-state index is -1.13. The van der Waals surface area contributed by atoms with Crippen LogP contribution < -0.4 is 11.1 Å². The van der Waals surface area contributed by atoms with Crippen LogP contribution in [0.2, 0.25) is 0 Å². The number of nitrogens with zero attached hydrogens (tertiary/aromatic N) is 1. The lowest BCUT2D eigenvalue weighted by atomic mass is 10.2. The highest BCUT2D eigenvalue weighted by Gasteiger charge is 2.16. The van der Waals surface area contributed by atoms with E-state index in [1.807, 2.05) is 0 Å². The molecule has 0 heterocycles. The van der Waals surface area contributed by atoms with Crippen molar-refractivity contribution in [2.75, 3.05) is 32.1 Å². The zero-order valence-electron chi connectivity index (χ0n) is 11.5. The summed E-state index contributed by atoms with van der Waals surface area (Å²) in [5.74, 6) is -1.75. The number of benzene rings is 1. The maximum absolute atomic E-state index is 12.0. The van der Waals surface area contributed by atoms with Crippen molar-refractivity contribution in [3.8, 4) is 0 Å². The third kappa shape index (κ3) is 5.49. The zero-order valence-corrected chi connectivity index (χ0v) is 11.5. The van der Waals surface area contributed by atoms with Crippen molar-refractivity contribution < 1.29 is 24.2 Å². The number of carboxylic acids is 1. The highest BCUT2D eigenvalue weighted by molar-refractivity contribution is 5.96. The normalized spacial score (nSPS) is 9.95.